The van der Waals surface area contributed by atoms with Crippen LogP contribution in [0.4, 0.5) is 5.69 Å². The van der Waals surface area contributed by atoms with Crippen molar-refractivity contribution in [2.45, 2.75) is 27.0 Å². The molecule has 3 rings (SSSR count). The van der Waals surface area contributed by atoms with Gasteiger partial charge in [-0.25, -0.2) is 8.42 Å². The Hall–Kier alpha value is -2.09. The minimum Gasteiger partial charge on any atom is -0.726 e. The van der Waals surface area contributed by atoms with Gasteiger partial charge in [0.25, 0.3) is 12.0 Å². The summed E-state index contributed by atoms with van der Waals surface area (Å²) in [6.07, 6.45) is 0.260. The second-order valence-electron chi connectivity index (χ2n) is 5.43. The Labute approximate surface area is 149 Å². The molecule has 2 aromatic carbocycles. The summed E-state index contributed by atoms with van der Waals surface area (Å²) in [5.41, 5.74) is 3.78. The molecule has 1 aliphatic heterocycles. The van der Waals surface area contributed by atoms with Crippen LogP contribution in [0.3, 0.4) is 0 Å². The van der Waals surface area contributed by atoms with Crippen molar-refractivity contribution in [3.63, 3.8) is 0 Å². The Balaban J connectivity index is 0.000000277. The van der Waals surface area contributed by atoms with Crippen molar-refractivity contribution >= 4 is 16.1 Å². The van der Waals surface area contributed by atoms with Crippen LogP contribution in [0.5, 0.6) is 5.75 Å². The molecular formula is C18H23NO5S. The van der Waals surface area contributed by atoms with Gasteiger partial charge >= 0.3 is 0 Å². The standard InChI is InChI=1S/C16H17NO.C2H6O4S/c1-3-17-12(2)18-16-10-9-14(11-15(16)17)13-7-5-4-6-8-13;1-2-6-7(3,4)5/h4-12H,3H2,1-2H3;2H2,1H3,(H,3,4,5). The van der Waals surface area contributed by atoms with E-state index < -0.39 is 10.4 Å². The van der Waals surface area contributed by atoms with Gasteiger partial charge in [0.1, 0.15) is 5.69 Å². The van der Waals surface area contributed by atoms with Crippen LogP contribution in [-0.4, -0.2) is 37.1 Å². The summed E-state index contributed by atoms with van der Waals surface area (Å²) in [5, 5.41) is 0. The summed E-state index contributed by atoms with van der Waals surface area (Å²) in [6, 6.07) is 17.0. The largest absolute Gasteiger partial charge is 0.726 e. The number of hydrogen-bond acceptors (Lipinski definition) is 5. The average molecular weight is 365 g/mol. The van der Waals surface area contributed by atoms with E-state index in [1.54, 1.807) is 0 Å². The summed E-state index contributed by atoms with van der Waals surface area (Å²) in [5.74, 6) is 1.11. The van der Waals surface area contributed by atoms with E-state index in [-0.39, 0.29) is 12.8 Å². The normalized spacial score (nSPS) is 15.8. The summed E-state index contributed by atoms with van der Waals surface area (Å²) in [6.45, 7) is 6.65. The number of benzene rings is 2. The molecule has 0 spiro atoms. The Morgan fingerprint density at radius 3 is 2.32 bits per heavy atom. The van der Waals surface area contributed by atoms with Crippen LogP contribution in [0.15, 0.2) is 48.5 Å². The number of rotatable bonds is 4. The molecule has 2 aromatic rings. The monoisotopic (exact) mass is 365 g/mol. The van der Waals surface area contributed by atoms with E-state index in [1.165, 1.54) is 23.7 Å². The van der Waals surface area contributed by atoms with E-state index in [2.05, 4.69) is 70.1 Å². The third-order valence-corrected chi connectivity index (χ3v) is 4.30. The van der Waals surface area contributed by atoms with Gasteiger partial charge in [-0.05, 0) is 37.1 Å². The van der Waals surface area contributed by atoms with E-state index >= 15 is 0 Å². The fourth-order valence-corrected chi connectivity index (χ4v) is 3.01. The maximum atomic E-state index is 9.45. The fourth-order valence-electron chi connectivity index (χ4n) is 2.72. The summed E-state index contributed by atoms with van der Waals surface area (Å²) in [7, 11) is -4.42. The highest BCUT2D eigenvalue weighted by molar-refractivity contribution is 7.80. The predicted molar refractivity (Wildman–Crippen MR) is 97.3 cm³/mol. The number of fused-ring (bicyclic) bond motifs is 1. The number of aromatic hydroxyl groups is 1. The molecule has 0 aromatic heterocycles. The SMILES string of the molecule is CCN1c2cc(-c3ccccc3)ccc2[OH+]C1C.CCOS(=O)(=O)[O-]. The summed E-state index contributed by atoms with van der Waals surface area (Å²) >= 11 is 0. The van der Waals surface area contributed by atoms with Gasteiger partial charge in [-0.2, -0.15) is 0 Å². The second-order valence-corrected chi connectivity index (χ2v) is 6.48. The number of nitrogens with zero attached hydrogens (tertiary/aromatic N) is 1. The zero-order chi connectivity index (χ0) is 18.4. The fraction of sp³-hybridized carbons (Fsp3) is 0.333. The van der Waals surface area contributed by atoms with Crippen LogP contribution >= 0.6 is 0 Å². The lowest BCUT2D eigenvalue weighted by Gasteiger charge is -2.16. The third kappa shape index (κ3) is 5.19. The molecule has 0 bridgehead atoms. The lowest BCUT2D eigenvalue weighted by molar-refractivity contribution is 0.0189. The molecule has 0 radical (unpaired) electrons. The molecule has 6 nitrogen and oxygen atoms in total. The molecule has 0 saturated carbocycles. The molecule has 136 valence electrons. The first-order valence-corrected chi connectivity index (χ1v) is 9.46. The second kappa shape index (κ2) is 8.33. The summed E-state index contributed by atoms with van der Waals surface area (Å²) < 4.78 is 36.7. The van der Waals surface area contributed by atoms with Crippen molar-refractivity contribution in [1.82, 2.24) is 0 Å². The molecule has 0 fully saturated rings. The minimum atomic E-state index is -4.42. The Bertz CT molecular complexity index is 792. The zero-order valence-corrected chi connectivity index (χ0v) is 15.4. The average Bonchev–Trinajstić information content (AvgIpc) is 2.89. The van der Waals surface area contributed by atoms with Gasteiger partial charge in [0.2, 0.25) is 10.4 Å². The molecule has 25 heavy (non-hydrogen) atoms. The van der Waals surface area contributed by atoms with Gasteiger partial charge in [0.05, 0.1) is 6.61 Å². The Kier molecular flexibility index (Phi) is 6.41. The van der Waals surface area contributed by atoms with E-state index in [0.29, 0.717) is 0 Å². The van der Waals surface area contributed by atoms with Crippen LogP contribution in [0, 0.1) is 0 Å². The van der Waals surface area contributed by atoms with Gasteiger partial charge in [-0.1, -0.05) is 30.3 Å². The molecule has 0 saturated heterocycles. The quantitative estimate of drug-likeness (QED) is 0.472. The van der Waals surface area contributed by atoms with Crippen molar-refractivity contribution in [3.05, 3.63) is 48.5 Å². The number of aliphatic hydroxyl groups is 1. The van der Waals surface area contributed by atoms with Crippen molar-refractivity contribution < 1.29 is 21.9 Å². The van der Waals surface area contributed by atoms with Gasteiger partial charge in [-0.3, -0.25) is 9.08 Å². The van der Waals surface area contributed by atoms with Gasteiger partial charge in [0.15, 0.2) is 0 Å². The molecule has 1 atom stereocenters. The highest BCUT2D eigenvalue weighted by Gasteiger charge is 2.31. The maximum absolute atomic E-state index is 9.45. The first-order valence-electron chi connectivity index (χ1n) is 8.13. The highest BCUT2D eigenvalue weighted by Crippen LogP contribution is 2.40. The van der Waals surface area contributed by atoms with Gasteiger partial charge in [0, 0.05) is 19.5 Å². The first-order chi connectivity index (χ1) is 11.9. The van der Waals surface area contributed by atoms with Crippen LogP contribution in [0.25, 0.3) is 11.1 Å². The van der Waals surface area contributed by atoms with Crippen LogP contribution in [0.1, 0.15) is 20.8 Å². The Morgan fingerprint density at radius 1 is 1.12 bits per heavy atom. The molecule has 1 N–H and O–H groups in total. The Morgan fingerprint density at radius 2 is 1.80 bits per heavy atom. The van der Waals surface area contributed by atoms with Crippen LogP contribution in [-0.2, 0) is 14.6 Å². The van der Waals surface area contributed by atoms with Crippen molar-refractivity contribution in [3.8, 4) is 16.9 Å². The number of ether oxygens (including phenoxy) is 1. The van der Waals surface area contributed by atoms with Gasteiger partial charge < -0.3 is 9.29 Å². The predicted octanol–water partition coefficient (Wildman–Crippen LogP) is 3.26. The van der Waals surface area contributed by atoms with Crippen molar-refractivity contribution in [2.24, 2.45) is 0 Å². The molecule has 1 aliphatic rings. The molecule has 7 heteroatoms. The van der Waals surface area contributed by atoms with E-state index in [0.717, 1.165) is 12.3 Å². The number of hydrogen-bond donors (Lipinski definition) is 0. The zero-order valence-electron chi connectivity index (χ0n) is 14.5. The lowest BCUT2D eigenvalue weighted by Crippen LogP contribution is -2.30. The highest BCUT2D eigenvalue weighted by atomic mass is 32.3. The molecular weight excluding hydrogens is 342 g/mol. The van der Waals surface area contributed by atoms with E-state index in [4.69, 9.17) is 0 Å². The maximum Gasteiger partial charge on any atom is 0.280 e. The molecule has 0 aliphatic carbocycles. The van der Waals surface area contributed by atoms with Crippen molar-refractivity contribution in [2.75, 3.05) is 18.1 Å². The topological polar surface area (TPSA) is 82.5 Å². The third-order valence-electron chi connectivity index (χ3n) is 3.77. The molecule has 1 heterocycles. The number of anilines is 1. The van der Waals surface area contributed by atoms with Crippen LogP contribution < -0.4 is 4.90 Å². The smallest absolute Gasteiger partial charge is 0.280 e. The first kappa shape index (κ1) is 19.2. The van der Waals surface area contributed by atoms with E-state index in [9.17, 15) is 13.0 Å². The van der Waals surface area contributed by atoms with Crippen LogP contribution in [0.2, 0.25) is 0 Å². The molecule has 0 amide bonds. The van der Waals surface area contributed by atoms with E-state index in [1.807, 2.05) is 6.07 Å². The van der Waals surface area contributed by atoms with Gasteiger partial charge in [-0.15, -0.1) is 0 Å². The minimum absolute atomic E-state index is 0.0914. The lowest BCUT2D eigenvalue weighted by atomic mass is 10.0. The van der Waals surface area contributed by atoms with Crippen molar-refractivity contribution in [1.29, 1.82) is 0 Å². The summed E-state index contributed by atoms with van der Waals surface area (Å²) in [4.78, 5) is 2.34. The molecule has 1 unspecified atom stereocenters.